The Labute approximate surface area is 134 Å². The van der Waals surface area contributed by atoms with Gasteiger partial charge in [-0.3, -0.25) is 14.5 Å². The molecule has 0 aromatic carbocycles. The maximum absolute atomic E-state index is 12.5. The smallest absolute Gasteiger partial charge is 0.236 e. The third-order valence-electron chi connectivity index (χ3n) is 5.32. The molecule has 0 aromatic rings. The predicted octanol–water partition coefficient (Wildman–Crippen LogP) is 1.58. The molecule has 1 aliphatic heterocycles. The Balaban J connectivity index is 1.79. The van der Waals surface area contributed by atoms with E-state index in [1.54, 1.807) is 6.92 Å². The van der Waals surface area contributed by atoms with Crippen LogP contribution in [0.15, 0.2) is 0 Å². The Morgan fingerprint density at radius 3 is 2.36 bits per heavy atom. The molecule has 1 saturated heterocycles. The van der Waals surface area contributed by atoms with Crippen molar-refractivity contribution in [1.82, 2.24) is 14.7 Å². The molecule has 1 aliphatic carbocycles. The van der Waals surface area contributed by atoms with E-state index in [2.05, 4.69) is 11.8 Å². The maximum atomic E-state index is 12.5. The highest BCUT2D eigenvalue weighted by molar-refractivity contribution is 5.78. The number of carbonyl (C=O) groups excluding carboxylic acids is 2. The molecule has 0 bridgehead atoms. The minimum Gasteiger partial charge on any atom is -0.342 e. The van der Waals surface area contributed by atoms with Gasteiger partial charge in [0, 0.05) is 46.2 Å². The summed E-state index contributed by atoms with van der Waals surface area (Å²) >= 11 is 0. The van der Waals surface area contributed by atoms with Gasteiger partial charge in [0.1, 0.15) is 0 Å². The van der Waals surface area contributed by atoms with Crippen LogP contribution in [0.4, 0.5) is 0 Å². The quantitative estimate of drug-likeness (QED) is 0.795. The van der Waals surface area contributed by atoms with Crippen molar-refractivity contribution in [3.8, 4) is 0 Å². The summed E-state index contributed by atoms with van der Waals surface area (Å²) in [4.78, 5) is 30.0. The zero-order chi connectivity index (χ0) is 16.1. The van der Waals surface area contributed by atoms with Gasteiger partial charge < -0.3 is 9.80 Å². The topological polar surface area (TPSA) is 43.9 Å². The first-order valence-electron chi connectivity index (χ1n) is 8.71. The molecular weight excluding hydrogens is 278 g/mol. The summed E-state index contributed by atoms with van der Waals surface area (Å²) in [6.07, 6.45) is 5.71. The molecule has 2 aliphatic rings. The molecule has 5 nitrogen and oxygen atoms in total. The van der Waals surface area contributed by atoms with Crippen LogP contribution in [0.25, 0.3) is 0 Å². The number of nitrogens with zero attached hydrogens (tertiary/aromatic N) is 3. The first-order valence-corrected chi connectivity index (χ1v) is 8.71. The summed E-state index contributed by atoms with van der Waals surface area (Å²) in [5.41, 5.74) is 0. The second-order valence-electron chi connectivity index (χ2n) is 7.05. The second kappa shape index (κ2) is 7.95. The Bertz CT molecular complexity index is 391. The Morgan fingerprint density at radius 2 is 1.73 bits per heavy atom. The van der Waals surface area contributed by atoms with Crippen LogP contribution in [-0.4, -0.2) is 72.3 Å². The third kappa shape index (κ3) is 4.70. The van der Waals surface area contributed by atoms with Crippen molar-refractivity contribution in [2.24, 2.45) is 5.92 Å². The normalized spacial score (nSPS) is 27.3. The van der Waals surface area contributed by atoms with E-state index in [9.17, 15) is 9.59 Å². The number of hydrogen-bond donors (Lipinski definition) is 0. The molecule has 0 atom stereocenters. The fourth-order valence-electron chi connectivity index (χ4n) is 3.58. The van der Waals surface area contributed by atoms with E-state index in [1.165, 1.54) is 12.8 Å². The Morgan fingerprint density at radius 1 is 1.05 bits per heavy atom. The van der Waals surface area contributed by atoms with Crippen LogP contribution in [-0.2, 0) is 9.59 Å². The average molecular weight is 309 g/mol. The first kappa shape index (κ1) is 17.3. The molecular formula is C17H31N3O2. The lowest BCUT2D eigenvalue weighted by Crippen LogP contribution is -2.45. The fraction of sp³-hybridized carbons (Fsp3) is 0.882. The van der Waals surface area contributed by atoms with Crippen molar-refractivity contribution in [2.45, 2.75) is 52.0 Å². The van der Waals surface area contributed by atoms with E-state index in [0.717, 1.165) is 51.4 Å². The molecule has 2 fully saturated rings. The summed E-state index contributed by atoms with van der Waals surface area (Å²) in [6, 6.07) is 0.421. The highest BCUT2D eigenvalue weighted by Gasteiger charge is 2.26. The van der Waals surface area contributed by atoms with Crippen LogP contribution in [0.5, 0.6) is 0 Å². The summed E-state index contributed by atoms with van der Waals surface area (Å²) in [6.45, 7) is 7.69. The van der Waals surface area contributed by atoms with Gasteiger partial charge in [0.15, 0.2) is 0 Å². The third-order valence-corrected chi connectivity index (χ3v) is 5.32. The number of hydrogen-bond acceptors (Lipinski definition) is 3. The van der Waals surface area contributed by atoms with Gasteiger partial charge in [0.05, 0.1) is 6.54 Å². The van der Waals surface area contributed by atoms with Crippen LogP contribution < -0.4 is 0 Å². The molecule has 0 N–H and O–H groups in total. The molecule has 126 valence electrons. The van der Waals surface area contributed by atoms with Gasteiger partial charge in [0.2, 0.25) is 11.8 Å². The van der Waals surface area contributed by atoms with E-state index in [0.29, 0.717) is 12.6 Å². The number of amides is 2. The van der Waals surface area contributed by atoms with Crippen LogP contribution >= 0.6 is 0 Å². The summed E-state index contributed by atoms with van der Waals surface area (Å²) in [7, 11) is 1.96. The number of rotatable bonds is 3. The monoisotopic (exact) mass is 309 g/mol. The van der Waals surface area contributed by atoms with Crippen LogP contribution in [0.3, 0.4) is 0 Å². The highest BCUT2D eigenvalue weighted by Crippen LogP contribution is 2.26. The molecule has 0 aromatic heterocycles. The van der Waals surface area contributed by atoms with Crippen molar-refractivity contribution >= 4 is 11.8 Å². The van der Waals surface area contributed by atoms with Gasteiger partial charge in [-0.25, -0.2) is 0 Å². The molecule has 2 rings (SSSR count). The zero-order valence-electron chi connectivity index (χ0n) is 14.4. The maximum Gasteiger partial charge on any atom is 0.236 e. The van der Waals surface area contributed by atoms with Crippen LogP contribution in [0, 0.1) is 5.92 Å². The fourth-order valence-corrected chi connectivity index (χ4v) is 3.58. The largest absolute Gasteiger partial charge is 0.342 e. The molecule has 5 heteroatoms. The minimum atomic E-state index is 0.140. The lowest BCUT2D eigenvalue weighted by Gasteiger charge is -2.34. The number of carbonyl (C=O) groups is 2. The highest BCUT2D eigenvalue weighted by atomic mass is 16.2. The van der Waals surface area contributed by atoms with Crippen molar-refractivity contribution < 1.29 is 9.59 Å². The molecule has 2 amide bonds. The van der Waals surface area contributed by atoms with Crippen molar-refractivity contribution in [2.75, 3.05) is 39.8 Å². The van der Waals surface area contributed by atoms with E-state index < -0.39 is 0 Å². The SMILES string of the molecule is CC(=O)N1CCCN(CC(=O)N(C)C2CCC(C)CC2)CC1. The van der Waals surface area contributed by atoms with Crippen LogP contribution in [0.1, 0.15) is 46.0 Å². The second-order valence-corrected chi connectivity index (χ2v) is 7.05. The molecule has 1 saturated carbocycles. The van der Waals surface area contributed by atoms with Gasteiger partial charge in [-0.15, -0.1) is 0 Å². The molecule has 0 spiro atoms. The van der Waals surface area contributed by atoms with Crippen molar-refractivity contribution in [3.05, 3.63) is 0 Å². The Hall–Kier alpha value is -1.10. The average Bonchev–Trinajstić information content (AvgIpc) is 2.73. The lowest BCUT2D eigenvalue weighted by molar-refractivity contribution is -0.133. The molecule has 0 unspecified atom stereocenters. The first-order chi connectivity index (χ1) is 10.5. The van der Waals surface area contributed by atoms with Crippen molar-refractivity contribution in [1.29, 1.82) is 0 Å². The molecule has 0 radical (unpaired) electrons. The minimum absolute atomic E-state index is 0.140. The summed E-state index contributed by atoms with van der Waals surface area (Å²) in [5, 5.41) is 0. The van der Waals surface area contributed by atoms with Gasteiger partial charge in [-0.05, 0) is 38.0 Å². The van der Waals surface area contributed by atoms with E-state index in [1.807, 2.05) is 16.8 Å². The van der Waals surface area contributed by atoms with Crippen LogP contribution in [0.2, 0.25) is 0 Å². The lowest BCUT2D eigenvalue weighted by atomic mass is 9.87. The zero-order valence-corrected chi connectivity index (χ0v) is 14.4. The summed E-state index contributed by atoms with van der Waals surface area (Å²) in [5.74, 6) is 1.18. The predicted molar refractivity (Wildman–Crippen MR) is 87.5 cm³/mol. The van der Waals surface area contributed by atoms with Gasteiger partial charge >= 0.3 is 0 Å². The van der Waals surface area contributed by atoms with E-state index in [-0.39, 0.29) is 11.8 Å². The molecule has 1 heterocycles. The summed E-state index contributed by atoms with van der Waals surface area (Å²) < 4.78 is 0. The molecule has 22 heavy (non-hydrogen) atoms. The van der Waals surface area contributed by atoms with E-state index >= 15 is 0 Å². The van der Waals surface area contributed by atoms with E-state index in [4.69, 9.17) is 0 Å². The number of likely N-dealkylation sites (N-methyl/N-ethyl adjacent to an activating group) is 1. The van der Waals surface area contributed by atoms with Gasteiger partial charge in [0.25, 0.3) is 0 Å². The Kier molecular flexibility index (Phi) is 6.24. The standard InChI is InChI=1S/C17H31N3O2/c1-14-5-7-16(8-6-14)18(3)17(22)13-19-9-4-10-20(12-11-19)15(2)21/h14,16H,4-13H2,1-3H3. The van der Waals surface area contributed by atoms with Gasteiger partial charge in [-0.2, -0.15) is 0 Å². The van der Waals surface area contributed by atoms with Crippen molar-refractivity contribution in [3.63, 3.8) is 0 Å². The van der Waals surface area contributed by atoms with Gasteiger partial charge in [-0.1, -0.05) is 6.92 Å².